The molecule has 0 radical (unpaired) electrons. The number of nitrogens with zero attached hydrogens (tertiary/aromatic N) is 2. The van der Waals surface area contributed by atoms with Crippen molar-refractivity contribution in [3.05, 3.63) is 64.7 Å². The topological polar surface area (TPSA) is 74.8 Å². The van der Waals surface area contributed by atoms with Crippen LogP contribution in [0.4, 0.5) is 19.3 Å². The first-order valence-electron chi connectivity index (χ1n) is 6.79. The summed E-state index contributed by atoms with van der Waals surface area (Å²) in [5.41, 5.74) is -1.12. The Morgan fingerprint density at radius 2 is 1.44 bits per heavy atom. The molecule has 25 heavy (non-hydrogen) atoms. The predicted molar refractivity (Wildman–Crippen MR) is 81.9 cm³/mol. The number of imide groups is 4. The van der Waals surface area contributed by atoms with Crippen molar-refractivity contribution in [1.82, 2.24) is 4.90 Å². The molecule has 0 bridgehead atoms. The molecule has 0 aromatic heterocycles. The molecule has 1 aliphatic rings. The van der Waals surface area contributed by atoms with Crippen LogP contribution in [0.2, 0.25) is 5.02 Å². The Kier molecular flexibility index (Phi) is 4.05. The SMILES string of the molecule is O=C1C(=O)N(c2ccc(Cl)cc2)C(=O)N1C(=O)c1c(F)cccc1F. The van der Waals surface area contributed by atoms with Crippen molar-refractivity contribution in [1.29, 1.82) is 0 Å². The number of amides is 5. The Labute approximate surface area is 144 Å². The van der Waals surface area contributed by atoms with Gasteiger partial charge in [-0.25, -0.2) is 18.5 Å². The molecule has 1 heterocycles. The van der Waals surface area contributed by atoms with Crippen LogP contribution in [-0.4, -0.2) is 28.7 Å². The third kappa shape index (κ3) is 2.66. The first-order valence-corrected chi connectivity index (χ1v) is 7.17. The second kappa shape index (κ2) is 6.06. The molecule has 1 aliphatic heterocycles. The number of carbonyl (C=O) groups excluding carboxylic acids is 4. The van der Waals surface area contributed by atoms with E-state index >= 15 is 0 Å². The normalized spacial score (nSPS) is 14.4. The number of urea groups is 1. The van der Waals surface area contributed by atoms with Crippen molar-refractivity contribution in [2.45, 2.75) is 0 Å². The second-order valence-corrected chi connectivity index (χ2v) is 5.38. The average Bonchev–Trinajstić information content (AvgIpc) is 2.78. The van der Waals surface area contributed by atoms with Gasteiger partial charge in [0, 0.05) is 5.02 Å². The average molecular weight is 365 g/mol. The molecule has 5 amide bonds. The molecule has 9 heteroatoms. The lowest BCUT2D eigenvalue weighted by atomic mass is 10.1. The second-order valence-electron chi connectivity index (χ2n) is 4.94. The van der Waals surface area contributed by atoms with Crippen LogP contribution >= 0.6 is 11.6 Å². The highest BCUT2D eigenvalue weighted by atomic mass is 35.5. The largest absolute Gasteiger partial charge is 0.346 e. The minimum Gasteiger partial charge on any atom is -0.268 e. The van der Waals surface area contributed by atoms with E-state index in [9.17, 15) is 28.0 Å². The van der Waals surface area contributed by atoms with E-state index in [2.05, 4.69) is 0 Å². The van der Waals surface area contributed by atoms with E-state index in [1.54, 1.807) is 0 Å². The zero-order valence-corrected chi connectivity index (χ0v) is 13.0. The van der Waals surface area contributed by atoms with Crippen LogP contribution in [-0.2, 0) is 9.59 Å². The van der Waals surface area contributed by atoms with Gasteiger partial charge in [-0.05, 0) is 36.4 Å². The van der Waals surface area contributed by atoms with Crippen LogP contribution in [0.5, 0.6) is 0 Å². The van der Waals surface area contributed by atoms with Crippen molar-refractivity contribution < 1.29 is 28.0 Å². The highest BCUT2D eigenvalue weighted by Crippen LogP contribution is 2.26. The van der Waals surface area contributed by atoms with E-state index in [1.807, 2.05) is 0 Å². The summed E-state index contributed by atoms with van der Waals surface area (Å²) in [5, 5.41) is 0.315. The molecular formula is C16H7ClF2N2O4. The van der Waals surface area contributed by atoms with Gasteiger partial charge in [0.1, 0.15) is 17.2 Å². The van der Waals surface area contributed by atoms with E-state index in [4.69, 9.17) is 11.6 Å². The summed E-state index contributed by atoms with van der Waals surface area (Å²) in [4.78, 5) is 49.1. The van der Waals surface area contributed by atoms with Gasteiger partial charge in [0.15, 0.2) is 0 Å². The number of anilines is 1. The molecule has 2 aromatic carbocycles. The zero-order chi connectivity index (χ0) is 18.3. The molecule has 126 valence electrons. The fourth-order valence-electron chi connectivity index (χ4n) is 2.28. The molecule has 6 nitrogen and oxygen atoms in total. The van der Waals surface area contributed by atoms with Gasteiger partial charge < -0.3 is 0 Å². The minimum absolute atomic E-state index is 0.0166. The Bertz CT molecular complexity index is 910. The first-order chi connectivity index (χ1) is 11.8. The van der Waals surface area contributed by atoms with Crippen LogP contribution in [0.25, 0.3) is 0 Å². The lowest BCUT2D eigenvalue weighted by Gasteiger charge is -2.15. The van der Waals surface area contributed by atoms with Crippen molar-refractivity contribution in [2.75, 3.05) is 4.90 Å². The number of carbonyl (C=O) groups is 4. The minimum atomic E-state index is -1.56. The Morgan fingerprint density at radius 1 is 0.880 bits per heavy atom. The molecule has 0 aliphatic carbocycles. The molecule has 0 N–H and O–H groups in total. The highest BCUT2D eigenvalue weighted by Gasteiger charge is 2.49. The van der Waals surface area contributed by atoms with Crippen LogP contribution < -0.4 is 4.90 Å². The Balaban J connectivity index is 2.02. The lowest BCUT2D eigenvalue weighted by molar-refractivity contribution is -0.138. The van der Waals surface area contributed by atoms with Gasteiger partial charge in [-0.1, -0.05) is 17.7 Å². The van der Waals surface area contributed by atoms with Crippen molar-refractivity contribution in [3.8, 4) is 0 Å². The van der Waals surface area contributed by atoms with Gasteiger partial charge in [0.25, 0.3) is 5.91 Å². The van der Waals surface area contributed by atoms with Crippen molar-refractivity contribution in [3.63, 3.8) is 0 Å². The van der Waals surface area contributed by atoms with Crippen LogP contribution in [0, 0.1) is 11.6 Å². The van der Waals surface area contributed by atoms with Gasteiger partial charge in [-0.15, -0.1) is 0 Å². The fourth-order valence-corrected chi connectivity index (χ4v) is 2.40. The lowest BCUT2D eigenvalue weighted by Crippen LogP contribution is -2.39. The van der Waals surface area contributed by atoms with E-state index in [-0.39, 0.29) is 10.6 Å². The van der Waals surface area contributed by atoms with Gasteiger partial charge in [-0.2, -0.15) is 4.90 Å². The maximum absolute atomic E-state index is 13.7. The number of hydrogen-bond acceptors (Lipinski definition) is 4. The molecule has 3 rings (SSSR count). The van der Waals surface area contributed by atoms with E-state index < -0.39 is 41.0 Å². The van der Waals surface area contributed by atoms with Crippen LogP contribution in [0.1, 0.15) is 10.4 Å². The summed E-state index contributed by atoms with van der Waals surface area (Å²) in [6, 6.07) is 6.56. The molecule has 0 atom stereocenters. The van der Waals surface area contributed by atoms with Crippen LogP contribution in [0.15, 0.2) is 42.5 Å². The number of hydrogen-bond donors (Lipinski definition) is 0. The van der Waals surface area contributed by atoms with Gasteiger partial charge in [0.05, 0.1) is 5.69 Å². The summed E-state index contributed by atoms with van der Waals surface area (Å²) in [5.74, 6) is -6.91. The smallest absolute Gasteiger partial charge is 0.268 e. The molecule has 1 fully saturated rings. The maximum atomic E-state index is 13.7. The standard InChI is InChI=1S/C16H7ClF2N2O4/c17-8-4-6-9(7-5-8)20-14(23)15(24)21(16(20)25)13(22)12-10(18)2-1-3-11(12)19/h1-7H. The first kappa shape index (κ1) is 16.7. The summed E-state index contributed by atoms with van der Waals surface area (Å²) in [6.07, 6.45) is 0. The van der Waals surface area contributed by atoms with Crippen molar-refractivity contribution in [2.24, 2.45) is 0 Å². The molecule has 0 spiro atoms. The summed E-state index contributed by atoms with van der Waals surface area (Å²) >= 11 is 5.71. The molecule has 1 saturated heterocycles. The quantitative estimate of drug-likeness (QED) is 0.466. The third-order valence-electron chi connectivity index (χ3n) is 3.44. The predicted octanol–water partition coefficient (Wildman–Crippen LogP) is 2.75. The van der Waals surface area contributed by atoms with Gasteiger partial charge in [0.2, 0.25) is 0 Å². The monoisotopic (exact) mass is 364 g/mol. The van der Waals surface area contributed by atoms with Gasteiger partial charge >= 0.3 is 17.8 Å². The molecule has 0 saturated carbocycles. The van der Waals surface area contributed by atoms with E-state index in [1.165, 1.54) is 24.3 Å². The third-order valence-corrected chi connectivity index (χ3v) is 3.69. The van der Waals surface area contributed by atoms with Gasteiger partial charge in [-0.3, -0.25) is 14.4 Å². The highest BCUT2D eigenvalue weighted by molar-refractivity contribution is 6.56. The van der Waals surface area contributed by atoms with Crippen LogP contribution in [0.3, 0.4) is 0 Å². The number of benzene rings is 2. The van der Waals surface area contributed by atoms with E-state index in [0.717, 1.165) is 18.2 Å². The van der Waals surface area contributed by atoms with E-state index in [0.29, 0.717) is 9.92 Å². The molecule has 2 aromatic rings. The summed E-state index contributed by atoms with van der Waals surface area (Å²) in [7, 11) is 0. The maximum Gasteiger partial charge on any atom is 0.346 e. The summed E-state index contributed by atoms with van der Waals surface area (Å²) < 4.78 is 27.5. The van der Waals surface area contributed by atoms with Crippen molar-refractivity contribution >= 4 is 41.0 Å². The fraction of sp³-hybridized carbons (Fsp3) is 0. The molecular weight excluding hydrogens is 358 g/mol. The Hall–Kier alpha value is -3.13. The number of halogens is 3. The number of rotatable bonds is 2. The molecule has 0 unspecified atom stereocenters. The Morgan fingerprint density at radius 3 is 2.00 bits per heavy atom. The zero-order valence-electron chi connectivity index (χ0n) is 12.2. The summed E-state index contributed by atoms with van der Waals surface area (Å²) in [6.45, 7) is 0.